The van der Waals surface area contributed by atoms with Crippen LogP contribution in [0.3, 0.4) is 0 Å². The molecule has 3 rings (SSSR count). The van der Waals surface area contributed by atoms with Crippen molar-refractivity contribution in [2.24, 2.45) is 5.92 Å². The summed E-state index contributed by atoms with van der Waals surface area (Å²) in [6, 6.07) is 6.15. The van der Waals surface area contributed by atoms with Crippen LogP contribution in [0.25, 0.3) is 11.0 Å². The molecule has 2 heterocycles. The normalized spacial score (nSPS) is 21.2. The van der Waals surface area contributed by atoms with E-state index in [-0.39, 0.29) is 6.09 Å². The predicted molar refractivity (Wildman–Crippen MR) is 107 cm³/mol. The summed E-state index contributed by atoms with van der Waals surface area (Å²) < 4.78 is 7.84. The average molecular weight is 396 g/mol. The van der Waals surface area contributed by atoms with E-state index in [1.54, 1.807) is 11.8 Å². The quantitative estimate of drug-likeness (QED) is 0.653. The third-order valence-electron chi connectivity index (χ3n) is 4.65. The van der Waals surface area contributed by atoms with Crippen LogP contribution in [0.1, 0.15) is 40.2 Å². The lowest BCUT2D eigenvalue weighted by atomic mass is 9.93. The molecule has 1 aliphatic heterocycles. The monoisotopic (exact) mass is 395 g/mol. The standard InChI is InChI=1S/C19H26ClN3O2S/c1-12-11-22(18(24)25-19(2,3)4)9-8-15(12)23-16-7-6-13(20)10-14(16)21-17(23)26-5/h6-7,10,12,15H,8-9,11H2,1-5H3. The molecule has 1 aromatic carbocycles. The second kappa shape index (κ2) is 7.31. The lowest BCUT2D eigenvalue weighted by molar-refractivity contribution is 0.0123. The van der Waals surface area contributed by atoms with Crippen molar-refractivity contribution in [1.82, 2.24) is 14.5 Å². The van der Waals surface area contributed by atoms with Crippen molar-refractivity contribution in [2.45, 2.75) is 50.9 Å². The first-order chi connectivity index (χ1) is 12.2. The van der Waals surface area contributed by atoms with E-state index in [1.165, 1.54) is 0 Å². The zero-order chi connectivity index (χ0) is 19.1. The lowest BCUT2D eigenvalue weighted by Crippen LogP contribution is -2.45. The highest BCUT2D eigenvalue weighted by molar-refractivity contribution is 7.98. The summed E-state index contributed by atoms with van der Waals surface area (Å²) in [7, 11) is 0. The fraction of sp³-hybridized carbons (Fsp3) is 0.579. The number of nitrogens with zero attached hydrogens (tertiary/aromatic N) is 3. The maximum atomic E-state index is 12.4. The third kappa shape index (κ3) is 3.96. The minimum Gasteiger partial charge on any atom is -0.444 e. The number of likely N-dealkylation sites (tertiary alicyclic amines) is 1. The molecule has 1 amide bonds. The maximum Gasteiger partial charge on any atom is 0.410 e. The first-order valence-corrected chi connectivity index (χ1v) is 10.5. The molecule has 2 aromatic rings. The Labute approximate surface area is 164 Å². The summed E-state index contributed by atoms with van der Waals surface area (Å²) in [6.45, 7) is 9.25. The van der Waals surface area contributed by atoms with Crippen molar-refractivity contribution in [1.29, 1.82) is 0 Å². The number of halogens is 1. The Morgan fingerprint density at radius 1 is 1.38 bits per heavy atom. The molecule has 0 saturated carbocycles. The van der Waals surface area contributed by atoms with E-state index >= 15 is 0 Å². The van der Waals surface area contributed by atoms with Gasteiger partial charge in [-0.05, 0) is 57.6 Å². The topological polar surface area (TPSA) is 47.4 Å². The van der Waals surface area contributed by atoms with E-state index in [0.29, 0.717) is 30.1 Å². The molecule has 1 aromatic heterocycles. The summed E-state index contributed by atoms with van der Waals surface area (Å²) in [5.41, 5.74) is 1.55. The van der Waals surface area contributed by atoms with Crippen LogP contribution in [0.4, 0.5) is 4.79 Å². The molecule has 7 heteroatoms. The number of aromatic nitrogens is 2. The van der Waals surface area contributed by atoms with Gasteiger partial charge in [0.25, 0.3) is 0 Å². The second-order valence-electron chi connectivity index (χ2n) is 7.86. The number of hydrogen-bond acceptors (Lipinski definition) is 4. The highest BCUT2D eigenvalue weighted by Crippen LogP contribution is 2.36. The van der Waals surface area contributed by atoms with E-state index in [0.717, 1.165) is 22.6 Å². The molecular formula is C19H26ClN3O2S. The Balaban J connectivity index is 1.84. The molecule has 0 radical (unpaired) electrons. The van der Waals surface area contributed by atoms with Gasteiger partial charge >= 0.3 is 6.09 Å². The van der Waals surface area contributed by atoms with Gasteiger partial charge in [0, 0.05) is 24.2 Å². The van der Waals surface area contributed by atoms with Crippen molar-refractivity contribution >= 4 is 40.5 Å². The van der Waals surface area contributed by atoms with Crippen LogP contribution in [-0.2, 0) is 4.74 Å². The summed E-state index contributed by atoms with van der Waals surface area (Å²) in [5, 5.41) is 1.69. The smallest absolute Gasteiger partial charge is 0.410 e. The summed E-state index contributed by atoms with van der Waals surface area (Å²) >= 11 is 7.77. The van der Waals surface area contributed by atoms with Gasteiger partial charge in [-0.15, -0.1) is 0 Å². The van der Waals surface area contributed by atoms with E-state index in [1.807, 2.05) is 50.1 Å². The van der Waals surface area contributed by atoms with Crippen LogP contribution in [0.5, 0.6) is 0 Å². The van der Waals surface area contributed by atoms with Gasteiger partial charge in [0.15, 0.2) is 5.16 Å². The van der Waals surface area contributed by atoms with Gasteiger partial charge in [-0.1, -0.05) is 30.3 Å². The molecule has 0 N–H and O–H groups in total. The van der Waals surface area contributed by atoms with Gasteiger partial charge in [-0.2, -0.15) is 0 Å². The highest BCUT2D eigenvalue weighted by atomic mass is 35.5. The largest absolute Gasteiger partial charge is 0.444 e. The summed E-state index contributed by atoms with van der Waals surface area (Å²) in [5.74, 6) is 0.301. The Kier molecular flexibility index (Phi) is 5.45. The molecule has 142 valence electrons. The molecular weight excluding hydrogens is 370 g/mol. The average Bonchev–Trinajstić information content (AvgIpc) is 2.90. The number of fused-ring (bicyclic) bond motifs is 1. The van der Waals surface area contributed by atoms with Crippen LogP contribution in [0, 0.1) is 5.92 Å². The Hall–Kier alpha value is -1.40. The molecule has 26 heavy (non-hydrogen) atoms. The molecule has 2 atom stereocenters. The number of carbonyl (C=O) groups is 1. The van der Waals surface area contributed by atoms with Gasteiger partial charge in [-0.25, -0.2) is 9.78 Å². The highest BCUT2D eigenvalue weighted by Gasteiger charge is 2.33. The molecule has 0 aliphatic carbocycles. The van der Waals surface area contributed by atoms with Crippen molar-refractivity contribution in [2.75, 3.05) is 19.3 Å². The van der Waals surface area contributed by atoms with Crippen LogP contribution in [0.15, 0.2) is 23.4 Å². The Morgan fingerprint density at radius 3 is 2.73 bits per heavy atom. The zero-order valence-corrected chi connectivity index (χ0v) is 17.5. The Morgan fingerprint density at radius 2 is 2.12 bits per heavy atom. The van der Waals surface area contributed by atoms with Crippen molar-refractivity contribution < 1.29 is 9.53 Å². The second-order valence-corrected chi connectivity index (χ2v) is 9.07. The molecule has 1 saturated heterocycles. The van der Waals surface area contributed by atoms with Gasteiger partial charge in [0.05, 0.1) is 11.0 Å². The molecule has 1 aliphatic rings. The van der Waals surface area contributed by atoms with Gasteiger partial charge in [-0.3, -0.25) is 0 Å². The number of amides is 1. The zero-order valence-electron chi connectivity index (χ0n) is 16.0. The van der Waals surface area contributed by atoms with Crippen LogP contribution in [0.2, 0.25) is 5.02 Å². The fourth-order valence-electron chi connectivity index (χ4n) is 3.52. The SMILES string of the molecule is CSc1nc2cc(Cl)ccc2n1C1CCN(C(=O)OC(C)(C)C)CC1C. The van der Waals surface area contributed by atoms with Crippen molar-refractivity contribution in [3.05, 3.63) is 23.2 Å². The molecule has 1 fully saturated rings. The third-order valence-corrected chi connectivity index (χ3v) is 5.53. The first-order valence-electron chi connectivity index (χ1n) is 8.89. The van der Waals surface area contributed by atoms with Crippen LogP contribution in [-0.4, -0.2) is 45.5 Å². The van der Waals surface area contributed by atoms with Gasteiger partial charge in [0.1, 0.15) is 5.60 Å². The maximum absolute atomic E-state index is 12.4. The minimum atomic E-state index is -0.469. The fourth-order valence-corrected chi connectivity index (χ4v) is 4.31. The van der Waals surface area contributed by atoms with Crippen molar-refractivity contribution in [3.8, 4) is 0 Å². The molecule has 0 spiro atoms. The number of benzene rings is 1. The first kappa shape index (κ1) is 19.4. The van der Waals surface area contributed by atoms with Gasteiger partial charge in [0.2, 0.25) is 0 Å². The van der Waals surface area contributed by atoms with Crippen LogP contribution < -0.4 is 0 Å². The minimum absolute atomic E-state index is 0.227. The number of hydrogen-bond donors (Lipinski definition) is 0. The number of ether oxygens (including phenoxy) is 1. The summed E-state index contributed by atoms with van der Waals surface area (Å²) in [6.07, 6.45) is 2.69. The van der Waals surface area contributed by atoms with E-state index < -0.39 is 5.60 Å². The molecule has 5 nitrogen and oxygen atoms in total. The van der Waals surface area contributed by atoms with Gasteiger partial charge < -0.3 is 14.2 Å². The number of rotatable bonds is 2. The Bertz CT molecular complexity index is 815. The lowest BCUT2D eigenvalue weighted by Gasteiger charge is -2.38. The van der Waals surface area contributed by atoms with E-state index in [4.69, 9.17) is 21.3 Å². The van der Waals surface area contributed by atoms with Crippen LogP contribution >= 0.6 is 23.4 Å². The number of thioether (sulfide) groups is 1. The number of piperidine rings is 1. The molecule has 2 unspecified atom stereocenters. The van der Waals surface area contributed by atoms with E-state index in [9.17, 15) is 4.79 Å². The summed E-state index contributed by atoms with van der Waals surface area (Å²) in [4.78, 5) is 19.0. The molecule has 0 bridgehead atoms. The number of carbonyl (C=O) groups excluding carboxylic acids is 1. The number of imidazole rings is 1. The van der Waals surface area contributed by atoms with Crippen molar-refractivity contribution in [3.63, 3.8) is 0 Å². The predicted octanol–water partition coefficient (Wildman–Crippen LogP) is 5.23. The van der Waals surface area contributed by atoms with E-state index in [2.05, 4.69) is 11.5 Å².